The average molecular weight is 294 g/mol. The summed E-state index contributed by atoms with van der Waals surface area (Å²) in [6, 6.07) is 0. The average Bonchev–Trinajstić information content (AvgIpc) is 2.95. The van der Waals surface area contributed by atoms with Crippen molar-refractivity contribution in [3.63, 3.8) is 0 Å². The fraction of sp³-hybridized carbons (Fsp3) is 0.692. The predicted octanol–water partition coefficient (Wildman–Crippen LogP) is 0.111. The van der Waals surface area contributed by atoms with Crippen LogP contribution in [0.1, 0.15) is 30.3 Å². The lowest BCUT2D eigenvalue weighted by atomic mass is 10.0. The molecule has 2 N–H and O–H groups in total. The van der Waals surface area contributed by atoms with Crippen molar-refractivity contribution in [2.45, 2.75) is 26.3 Å². The van der Waals surface area contributed by atoms with E-state index < -0.39 is 5.97 Å². The second-order valence-electron chi connectivity index (χ2n) is 5.29. The van der Waals surface area contributed by atoms with Gasteiger partial charge in [0.1, 0.15) is 0 Å². The number of aromatic nitrogens is 3. The zero-order valence-electron chi connectivity index (χ0n) is 12.5. The summed E-state index contributed by atoms with van der Waals surface area (Å²) in [4.78, 5) is 17.7. The Morgan fingerprint density at radius 2 is 2.43 bits per heavy atom. The molecule has 21 heavy (non-hydrogen) atoms. The van der Waals surface area contributed by atoms with Gasteiger partial charge in [-0.1, -0.05) is 12.1 Å². The van der Waals surface area contributed by atoms with Crippen LogP contribution in [0.4, 0.5) is 0 Å². The van der Waals surface area contributed by atoms with Crippen LogP contribution in [0.3, 0.4) is 0 Å². The number of carbonyl (C=O) groups is 1. The van der Waals surface area contributed by atoms with Crippen LogP contribution in [0.5, 0.6) is 0 Å². The van der Waals surface area contributed by atoms with Crippen molar-refractivity contribution >= 4 is 11.9 Å². The smallest absolute Gasteiger partial charge is 0.360 e. The fourth-order valence-electron chi connectivity index (χ4n) is 2.37. The second kappa shape index (κ2) is 7.05. The summed E-state index contributed by atoms with van der Waals surface area (Å²) in [7, 11) is 1.31. The molecule has 1 saturated heterocycles. The highest BCUT2D eigenvalue weighted by molar-refractivity contribution is 5.86. The zero-order chi connectivity index (χ0) is 15.2. The molecule has 0 spiro atoms. The third kappa shape index (κ3) is 4.17. The number of hydrogen-bond donors (Lipinski definition) is 1. The van der Waals surface area contributed by atoms with Gasteiger partial charge >= 0.3 is 5.97 Å². The number of hydrogen-bond acceptors (Lipinski definition) is 5. The van der Waals surface area contributed by atoms with Gasteiger partial charge in [0, 0.05) is 13.1 Å². The van der Waals surface area contributed by atoms with Crippen LogP contribution in [0, 0.1) is 5.92 Å². The van der Waals surface area contributed by atoms with Crippen LogP contribution in [0.15, 0.2) is 11.2 Å². The minimum absolute atomic E-state index is 0.194. The Hall–Kier alpha value is -2.12. The first-order valence-electron chi connectivity index (χ1n) is 7.13. The van der Waals surface area contributed by atoms with E-state index in [4.69, 9.17) is 5.73 Å². The molecule has 8 nitrogen and oxygen atoms in total. The van der Waals surface area contributed by atoms with E-state index in [9.17, 15) is 4.79 Å². The molecule has 1 unspecified atom stereocenters. The molecule has 0 amide bonds. The van der Waals surface area contributed by atoms with E-state index in [1.54, 1.807) is 10.9 Å². The molecule has 8 heteroatoms. The summed E-state index contributed by atoms with van der Waals surface area (Å²) in [5, 5.41) is 7.58. The number of carbonyl (C=O) groups excluding carboxylic acids is 1. The van der Waals surface area contributed by atoms with Crippen LogP contribution in [0.25, 0.3) is 0 Å². The van der Waals surface area contributed by atoms with Crippen LogP contribution in [-0.4, -0.2) is 58.6 Å². The largest absolute Gasteiger partial charge is 0.464 e. The number of nitrogens with two attached hydrogens (primary N) is 1. The maximum absolute atomic E-state index is 11.3. The molecule has 116 valence electrons. The number of piperidine rings is 1. The van der Waals surface area contributed by atoms with E-state index in [2.05, 4.69) is 31.9 Å². The van der Waals surface area contributed by atoms with Crippen molar-refractivity contribution in [2.24, 2.45) is 16.6 Å². The van der Waals surface area contributed by atoms with Crippen molar-refractivity contribution in [2.75, 3.05) is 26.7 Å². The van der Waals surface area contributed by atoms with Gasteiger partial charge in [-0.25, -0.2) is 9.48 Å². The molecule has 0 aromatic carbocycles. The number of likely N-dealkylation sites (tertiary alicyclic amines) is 1. The molecular weight excluding hydrogens is 272 g/mol. The number of guanidine groups is 1. The third-order valence-electron chi connectivity index (χ3n) is 3.52. The van der Waals surface area contributed by atoms with E-state index in [1.807, 2.05) is 0 Å². The van der Waals surface area contributed by atoms with E-state index >= 15 is 0 Å². The van der Waals surface area contributed by atoms with Gasteiger partial charge < -0.3 is 15.4 Å². The molecule has 1 aliphatic rings. The minimum Gasteiger partial charge on any atom is -0.464 e. The molecule has 1 aromatic rings. The zero-order valence-corrected chi connectivity index (χ0v) is 12.5. The first-order chi connectivity index (χ1) is 10.1. The van der Waals surface area contributed by atoms with Crippen molar-refractivity contribution in [3.05, 3.63) is 11.9 Å². The topological polar surface area (TPSA) is 98.6 Å². The summed E-state index contributed by atoms with van der Waals surface area (Å²) in [6.07, 6.45) is 3.95. The second-order valence-corrected chi connectivity index (χ2v) is 5.29. The lowest BCUT2D eigenvalue weighted by Crippen LogP contribution is -2.43. The third-order valence-corrected chi connectivity index (χ3v) is 3.52. The molecule has 1 fully saturated rings. The van der Waals surface area contributed by atoms with Crippen LogP contribution >= 0.6 is 0 Å². The number of rotatable bonds is 4. The Balaban J connectivity index is 1.83. The van der Waals surface area contributed by atoms with Crippen molar-refractivity contribution < 1.29 is 9.53 Å². The molecule has 2 rings (SSSR count). The Morgan fingerprint density at radius 1 is 1.62 bits per heavy atom. The van der Waals surface area contributed by atoms with Gasteiger partial charge in [-0.15, -0.1) is 5.10 Å². The summed E-state index contributed by atoms with van der Waals surface area (Å²) < 4.78 is 6.13. The first-order valence-corrected chi connectivity index (χ1v) is 7.13. The summed E-state index contributed by atoms with van der Waals surface area (Å²) in [6.45, 7) is 5.18. The number of methoxy groups -OCH3 is 1. The Kier molecular flexibility index (Phi) is 5.13. The van der Waals surface area contributed by atoms with E-state index in [1.165, 1.54) is 13.5 Å². The van der Waals surface area contributed by atoms with Crippen LogP contribution < -0.4 is 5.73 Å². The van der Waals surface area contributed by atoms with Gasteiger partial charge in [0.2, 0.25) is 0 Å². The molecular formula is C13H22N6O2. The quantitative estimate of drug-likeness (QED) is 0.481. The van der Waals surface area contributed by atoms with Gasteiger partial charge in [-0.2, -0.15) is 0 Å². The highest BCUT2D eigenvalue weighted by Gasteiger charge is 2.17. The molecule has 1 atom stereocenters. The monoisotopic (exact) mass is 294 g/mol. The first kappa shape index (κ1) is 15.3. The number of nitrogens with zero attached hydrogens (tertiary/aromatic N) is 5. The maximum atomic E-state index is 11.3. The molecule has 0 radical (unpaired) electrons. The molecule has 1 aliphatic heterocycles. The van der Waals surface area contributed by atoms with Gasteiger partial charge in [0.05, 0.1) is 26.4 Å². The SMILES string of the molecule is COC(=O)c1cn(CCN=C(N)N2CCCC(C)C2)nn1. The highest BCUT2D eigenvalue weighted by atomic mass is 16.5. The Bertz CT molecular complexity index is 513. The Morgan fingerprint density at radius 3 is 3.14 bits per heavy atom. The van der Waals surface area contributed by atoms with E-state index in [0.29, 0.717) is 25.0 Å². The minimum atomic E-state index is -0.494. The van der Waals surface area contributed by atoms with Gasteiger partial charge in [-0.3, -0.25) is 4.99 Å². The van der Waals surface area contributed by atoms with Gasteiger partial charge in [-0.05, 0) is 18.8 Å². The lowest BCUT2D eigenvalue weighted by molar-refractivity contribution is 0.0594. The number of aliphatic imine (C=N–C) groups is 1. The fourth-order valence-corrected chi connectivity index (χ4v) is 2.37. The Labute approximate surface area is 124 Å². The van der Waals surface area contributed by atoms with Crippen molar-refractivity contribution in [1.29, 1.82) is 0 Å². The van der Waals surface area contributed by atoms with Crippen LogP contribution in [0.2, 0.25) is 0 Å². The van der Waals surface area contributed by atoms with Gasteiger partial charge in [0.25, 0.3) is 0 Å². The predicted molar refractivity (Wildman–Crippen MR) is 77.8 cm³/mol. The molecule has 0 saturated carbocycles. The molecule has 0 aliphatic carbocycles. The van der Waals surface area contributed by atoms with Crippen molar-refractivity contribution in [1.82, 2.24) is 19.9 Å². The van der Waals surface area contributed by atoms with Gasteiger partial charge in [0.15, 0.2) is 11.7 Å². The van der Waals surface area contributed by atoms with E-state index in [-0.39, 0.29) is 5.69 Å². The molecule has 2 heterocycles. The highest BCUT2D eigenvalue weighted by Crippen LogP contribution is 2.14. The summed E-state index contributed by atoms with van der Waals surface area (Å²) in [5.41, 5.74) is 6.20. The number of esters is 1. The molecule has 0 bridgehead atoms. The van der Waals surface area contributed by atoms with E-state index in [0.717, 1.165) is 19.5 Å². The van der Waals surface area contributed by atoms with Crippen molar-refractivity contribution in [3.8, 4) is 0 Å². The summed E-state index contributed by atoms with van der Waals surface area (Å²) in [5.74, 6) is 0.742. The summed E-state index contributed by atoms with van der Waals surface area (Å²) >= 11 is 0. The normalized spacial score (nSPS) is 19.6. The standard InChI is InChI=1S/C13H22N6O2/c1-10-4-3-6-18(8-10)13(14)15-5-7-19-9-11(16-17-19)12(20)21-2/h9-10H,3-8H2,1-2H3,(H2,14,15). The lowest BCUT2D eigenvalue weighted by Gasteiger charge is -2.31. The maximum Gasteiger partial charge on any atom is 0.360 e. The number of ether oxygens (including phenoxy) is 1. The van der Waals surface area contributed by atoms with Crippen LogP contribution in [-0.2, 0) is 11.3 Å². The molecule has 1 aromatic heterocycles.